The van der Waals surface area contributed by atoms with Crippen molar-refractivity contribution in [2.24, 2.45) is 11.3 Å². The van der Waals surface area contributed by atoms with Gasteiger partial charge in [-0.3, -0.25) is 9.69 Å². The highest BCUT2D eigenvalue weighted by atomic mass is 19.3. The van der Waals surface area contributed by atoms with Gasteiger partial charge in [-0.2, -0.15) is 13.8 Å². The van der Waals surface area contributed by atoms with E-state index in [9.17, 15) is 23.5 Å². The number of carboxylic acids is 1. The smallest absolute Gasteiger partial charge is 0.388 e. The van der Waals surface area contributed by atoms with Gasteiger partial charge in [0.05, 0.1) is 13.0 Å². The van der Waals surface area contributed by atoms with Gasteiger partial charge in [0.25, 0.3) is 0 Å². The Balaban J connectivity index is 1.62. The van der Waals surface area contributed by atoms with Crippen LogP contribution in [-0.2, 0) is 4.79 Å². The number of ether oxygens (including phenoxy) is 2. The number of halogens is 2. The summed E-state index contributed by atoms with van der Waals surface area (Å²) in [6, 6.07) is 9.76. The predicted octanol–water partition coefficient (Wildman–Crippen LogP) is 5.50. The van der Waals surface area contributed by atoms with Crippen LogP contribution in [0.4, 0.5) is 25.0 Å². The lowest BCUT2D eigenvalue weighted by molar-refractivity contribution is -0.155. The lowest BCUT2D eigenvalue weighted by Crippen LogP contribution is -2.59. The van der Waals surface area contributed by atoms with Crippen molar-refractivity contribution < 1.29 is 33.0 Å². The topological polar surface area (TPSA) is 101 Å². The number of carbonyl (C=O) groups is 2. The molecule has 0 atom stereocenters. The second kappa shape index (κ2) is 9.67. The van der Waals surface area contributed by atoms with Crippen molar-refractivity contribution in [1.29, 1.82) is 0 Å². The molecule has 8 nitrogen and oxygen atoms in total. The van der Waals surface area contributed by atoms with Crippen molar-refractivity contribution in [1.82, 2.24) is 4.98 Å². The fourth-order valence-corrected chi connectivity index (χ4v) is 5.27. The van der Waals surface area contributed by atoms with Crippen molar-refractivity contribution >= 4 is 23.4 Å². The van der Waals surface area contributed by atoms with Crippen LogP contribution in [0, 0.1) is 11.3 Å². The van der Waals surface area contributed by atoms with E-state index in [1.807, 2.05) is 38.1 Å². The van der Waals surface area contributed by atoms with Crippen LogP contribution in [-0.4, -0.2) is 41.9 Å². The molecule has 4 rings (SSSR count). The number of carbonyl (C=O) groups excluding carboxylic acids is 1. The van der Waals surface area contributed by atoms with Crippen LogP contribution in [0.2, 0.25) is 0 Å². The number of benzene rings is 1. The molecule has 10 heteroatoms. The molecule has 2 aromatic rings. The minimum Gasteiger partial charge on any atom is -0.481 e. The van der Waals surface area contributed by atoms with Gasteiger partial charge >= 0.3 is 18.6 Å². The highest BCUT2D eigenvalue weighted by molar-refractivity contribution is 6.03. The molecule has 0 radical (unpaired) electrons. The Labute approximate surface area is 202 Å². The van der Waals surface area contributed by atoms with Crippen molar-refractivity contribution in [2.75, 3.05) is 17.3 Å². The van der Waals surface area contributed by atoms with Gasteiger partial charge in [-0.25, -0.2) is 4.79 Å². The molecule has 1 spiro atoms. The minimum absolute atomic E-state index is 0.00764. The summed E-state index contributed by atoms with van der Waals surface area (Å²) in [5.41, 5.74) is 1.63. The first-order chi connectivity index (χ1) is 16.6. The van der Waals surface area contributed by atoms with E-state index in [0.717, 1.165) is 11.3 Å². The zero-order chi connectivity index (χ0) is 25.3. The van der Waals surface area contributed by atoms with Gasteiger partial charge in [-0.15, -0.1) is 0 Å². The number of rotatable bonds is 8. The first kappa shape index (κ1) is 24.7. The Hall–Kier alpha value is -3.43. The molecule has 0 bridgehead atoms. The zero-order valence-electron chi connectivity index (χ0n) is 19.8. The number of para-hydroxylation sites is 1. The third kappa shape index (κ3) is 5.01. The van der Waals surface area contributed by atoms with Crippen LogP contribution in [0.3, 0.4) is 0 Å². The molecule has 1 aromatic heterocycles. The molecule has 188 valence electrons. The molecule has 2 aliphatic rings. The van der Waals surface area contributed by atoms with Gasteiger partial charge in [0, 0.05) is 17.8 Å². The summed E-state index contributed by atoms with van der Waals surface area (Å²) in [6.45, 7) is 0.931. The lowest BCUT2D eigenvalue weighted by atomic mass is 9.49. The van der Waals surface area contributed by atoms with Gasteiger partial charge in [0.2, 0.25) is 11.8 Å². The molecule has 0 unspecified atom stereocenters. The monoisotopic (exact) mass is 489 g/mol. The van der Waals surface area contributed by atoms with E-state index >= 15 is 0 Å². The second-order valence-corrected chi connectivity index (χ2v) is 9.60. The van der Waals surface area contributed by atoms with Crippen molar-refractivity contribution in [3.8, 4) is 11.8 Å². The number of urea groups is 1. The number of carboxylic acid groups (broad SMARTS) is 1. The number of hydrogen-bond acceptors (Lipinski definition) is 5. The summed E-state index contributed by atoms with van der Waals surface area (Å²) in [6.07, 6.45) is 2.57. The molecular weight excluding hydrogens is 460 g/mol. The Kier molecular flexibility index (Phi) is 6.82. The Morgan fingerprint density at radius 1 is 1.14 bits per heavy atom. The van der Waals surface area contributed by atoms with Crippen LogP contribution in [0.1, 0.15) is 51.0 Å². The number of hydrogen-bond donors (Lipinski definition) is 2. The molecule has 0 saturated heterocycles. The van der Waals surface area contributed by atoms with Gasteiger partial charge < -0.3 is 19.9 Å². The molecule has 2 N–H and O–H groups in total. The maximum Gasteiger partial charge on any atom is 0.388 e. The fraction of sp³-hybridized carbons (Fsp3) is 0.480. The van der Waals surface area contributed by atoms with Crippen LogP contribution in [0.25, 0.3) is 0 Å². The van der Waals surface area contributed by atoms with E-state index in [0.29, 0.717) is 25.7 Å². The van der Waals surface area contributed by atoms with E-state index in [-0.39, 0.29) is 34.9 Å². The summed E-state index contributed by atoms with van der Waals surface area (Å²) < 4.78 is 35.5. The molecule has 35 heavy (non-hydrogen) atoms. The fourth-order valence-electron chi connectivity index (χ4n) is 5.27. The second-order valence-electron chi connectivity index (χ2n) is 9.60. The highest BCUT2D eigenvalue weighted by Crippen LogP contribution is 2.60. The minimum atomic E-state index is -3.13. The summed E-state index contributed by atoms with van der Waals surface area (Å²) in [5.74, 6) is -1.35. The maximum atomic E-state index is 13.6. The third-order valence-corrected chi connectivity index (χ3v) is 6.93. The van der Waals surface area contributed by atoms with Crippen LogP contribution >= 0.6 is 0 Å². The molecule has 2 saturated carbocycles. The average molecular weight is 490 g/mol. The first-order valence-electron chi connectivity index (χ1n) is 11.5. The van der Waals surface area contributed by atoms with Crippen LogP contribution in [0.5, 0.6) is 11.8 Å². The van der Waals surface area contributed by atoms with E-state index in [1.165, 1.54) is 19.2 Å². The largest absolute Gasteiger partial charge is 0.481 e. The molecule has 1 aromatic carbocycles. The Bertz CT molecular complexity index is 1100. The van der Waals surface area contributed by atoms with E-state index in [2.05, 4.69) is 15.0 Å². The number of anilines is 2. The normalized spacial score (nSPS) is 22.9. The quantitative estimate of drug-likeness (QED) is 0.508. The van der Waals surface area contributed by atoms with E-state index < -0.39 is 24.5 Å². The van der Waals surface area contributed by atoms with Crippen LogP contribution in [0.15, 0.2) is 36.4 Å². The molecule has 2 fully saturated rings. The van der Waals surface area contributed by atoms with Crippen LogP contribution < -0.4 is 19.7 Å². The Morgan fingerprint density at radius 3 is 2.43 bits per heavy atom. The molecule has 2 aliphatic carbocycles. The summed E-state index contributed by atoms with van der Waals surface area (Å²) in [5, 5.41) is 11.9. The number of nitrogens with zero attached hydrogens (tertiary/aromatic N) is 2. The summed E-state index contributed by atoms with van der Waals surface area (Å²) >= 11 is 0. The number of amides is 2. The number of aromatic nitrogens is 1. The van der Waals surface area contributed by atoms with Gasteiger partial charge in [0.1, 0.15) is 5.69 Å². The van der Waals surface area contributed by atoms with E-state index in [4.69, 9.17) is 4.74 Å². The number of methoxy groups -OCH3 is 1. The third-order valence-electron chi connectivity index (χ3n) is 6.93. The molecule has 0 aliphatic heterocycles. The van der Waals surface area contributed by atoms with Crippen molar-refractivity contribution in [3.05, 3.63) is 42.0 Å². The number of pyridine rings is 1. The molecular formula is C25H29F2N3O5. The SMILES string of the molecule is COc1ccc(NC(=O)N(c2ccccc2C(C)C)C2CC3(CC(C(=O)O)C3)C2)c(OC(F)F)n1. The van der Waals surface area contributed by atoms with Crippen molar-refractivity contribution in [3.63, 3.8) is 0 Å². The van der Waals surface area contributed by atoms with Gasteiger partial charge in [-0.1, -0.05) is 32.0 Å². The standard InChI is InChI=1S/C25H29F2N3O5/c1-14(2)17-6-4-5-7-19(17)30(16-12-25(13-16)10-15(11-25)22(31)32)24(33)28-18-8-9-20(34-3)29-21(18)35-23(26)27/h4-9,14-16,23H,10-13H2,1-3H3,(H,28,33)(H,31,32). The van der Waals surface area contributed by atoms with Gasteiger partial charge in [-0.05, 0) is 54.7 Å². The molecule has 1 heterocycles. The van der Waals surface area contributed by atoms with Gasteiger partial charge in [0.15, 0.2) is 0 Å². The van der Waals surface area contributed by atoms with E-state index in [1.54, 1.807) is 4.90 Å². The molecule has 2 amide bonds. The summed E-state index contributed by atoms with van der Waals surface area (Å²) in [7, 11) is 1.35. The Morgan fingerprint density at radius 2 is 1.83 bits per heavy atom. The average Bonchev–Trinajstić information content (AvgIpc) is 2.74. The van der Waals surface area contributed by atoms with Crippen molar-refractivity contribution in [2.45, 2.75) is 58.1 Å². The first-order valence-corrected chi connectivity index (χ1v) is 11.5. The lowest BCUT2D eigenvalue weighted by Gasteiger charge is -2.59. The summed E-state index contributed by atoms with van der Waals surface area (Å²) in [4.78, 5) is 30.5. The predicted molar refractivity (Wildman–Crippen MR) is 125 cm³/mol. The number of nitrogens with one attached hydrogen (secondary N) is 1. The highest BCUT2D eigenvalue weighted by Gasteiger charge is 2.57. The maximum absolute atomic E-state index is 13.6. The number of alkyl halides is 2. The number of aliphatic carboxylic acids is 1. The zero-order valence-corrected chi connectivity index (χ0v) is 19.8.